The summed E-state index contributed by atoms with van der Waals surface area (Å²) in [5.41, 5.74) is 1.82. The third-order valence-corrected chi connectivity index (χ3v) is 8.17. The lowest BCUT2D eigenvalue weighted by Crippen LogP contribution is -2.61. The summed E-state index contributed by atoms with van der Waals surface area (Å²) in [6, 6.07) is 15.8. The second kappa shape index (κ2) is 6.17. The largest absolute Gasteiger partial charge is 0.342 e. The number of nitrogens with two attached hydrogens (primary N) is 1. The number of primary sulfonamides is 1. The zero-order valence-corrected chi connectivity index (χ0v) is 16.5. The summed E-state index contributed by atoms with van der Waals surface area (Å²) in [5, 5.41) is 6.80. The van der Waals surface area contributed by atoms with Crippen molar-refractivity contribution in [3.63, 3.8) is 0 Å². The summed E-state index contributed by atoms with van der Waals surface area (Å²) in [5.74, 6) is 0.182. The van der Waals surface area contributed by atoms with Gasteiger partial charge in [-0.05, 0) is 56.4 Å². The SMILES string of the molecule is CC(C)(C(c1ccccc1)(c1cc2cccnc2[nH]1)C1CCC1)S(N)(=O)=O. The Balaban J connectivity index is 2.10. The molecule has 0 aliphatic heterocycles. The molecule has 2 aromatic heterocycles. The molecule has 0 saturated heterocycles. The molecule has 0 bridgehead atoms. The number of rotatable bonds is 5. The second-order valence-electron chi connectivity index (χ2n) is 7.98. The Morgan fingerprint density at radius 2 is 1.81 bits per heavy atom. The predicted octanol–water partition coefficient (Wildman–Crippen LogP) is 3.72. The van der Waals surface area contributed by atoms with E-state index in [1.165, 1.54) is 0 Å². The van der Waals surface area contributed by atoms with Crippen LogP contribution in [-0.4, -0.2) is 23.1 Å². The van der Waals surface area contributed by atoms with Crippen LogP contribution >= 0.6 is 0 Å². The molecule has 6 heteroatoms. The van der Waals surface area contributed by atoms with Gasteiger partial charge in [0.1, 0.15) is 5.65 Å². The third kappa shape index (κ3) is 2.54. The van der Waals surface area contributed by atoms with Crippen molar-refractivity contribution in [3.05, 3.63) is 66.0 Å². The van der Waals surface area contributed by atoms with Crippen molar-refractivity contribution in [1.82, 2.24) is 9.97 Å². The van der Waals surface area contributed by atoms with Gasteiger partial charge in [-0.1, -0.05) is 36.8 Å². The summed E-state index contributed by atoms with van der Waals surface area (Å²) in [7, 11) is -3.86. The van der Waals surface area contributed by atoms with Crippen LogP contribution in [0.2, 0.25) is 0 Å². The van der Waals surface area contributed by atoms with Crippen LogP contribution in [0.1, 0.15) is 44.4 Å². The number of nitrogens with one attached hydrogen (secondary N) is 1. The van der Waals surface area contributed by atoms with Gasteiger partial charge in [0, 0.05) is 17.3 Å². The number of fused-ring (bicyclic) bond motifs is 1. The molecule has 1 aromatic carbocycles. The molecule has 3 N–H and O–H groups in total. The van der Waals surface area contributed by atoms with Crippen LogP contribution in [0.3, 0.4) is 0 Å². The van der Waals surface area contributed by atoms with Gasteiger partial charge < -0.3 is 4.98 Å². The summed E-state index contributed by atoms with van der Waals surface area (Å²) in [6.45, 7) is 3.51. The van der Waals surface area contributed by atoms with E-state index in [9.17, 15) is 8.42 Å². The van der Waals surface area contributed by atoms with Gasteiger partial charge in [-0.3, -0.25) is 0 Å². The van der Waals surface area contributed by atoms with Gasteiger partial charge >= 0.3 is 0 Å². The maximum absolute atomic E-state index is 12.9. The maximum atomic E-state index is 12.9. The fourth-order valence-corrected chi connectivity index (χ4v) is 5.55. The number of nitrogens with zero attached hydrogens (tertiary/aromatic N) is 1. The average molecular weight is 384 g/mol. The number of aromatic amines is 1. The minimum atomic E-state index is -3.86. The van der Waals surface area contributed by atoms with E-state index in [4.69, 9.17) is 5.14 Å². The second-order valence-corrected chi connectivity index (χ2v) is 10.1. The highest BCUT2D eigenvalue weighted by Gasteiger charge is 2.60. The molecule has 142 valence electrons. The van der Waals surface area contributed by atoms with Gasteiger partial charge in [0.25, 0.3) is 0 Å². The molecule has 1 fully saturated rings. The Hall–Kier alpha value is -2.18. The first-order valence-electron chi connectivity index (χ1n) is 9.30. The van der Waals surface area contributed by atoms with Crippen molar-refractivity contribution in [2.24, 2.45) is 11.1 Å². The van der Waals surface area contributed by atoms with E-state index in [-0.39, 0.29) is 5.92 Å². The molecular weight excluding hydrogens is 358 g/mol. The normalized spacial score (nSPS) is 18.2. The molecule has 1 unspecified atom stereocenters. The molecule has 4 rings (SSSR count). The van der Waals surface area contributed by atoms with Gasteiger partial charge in [-0.2, -0.15) is 0 Å². The van der Waals surface area contributed by atoms with Crippen LogP contribution in [0.25, 0.3) is 11.0 Å². The summed E-state index contributed by atoms with van der Waals surface area (Å²) < 4.78 is 24.5. The number of H-pyrrole nitrogens is 1. The topological polar surface area (TPSA) is 88.8 Å². The van der Waals surface area contributed by atoms with E-state index < -0.39 is 20.2 Å². The van der Waals surface area contributed by atoms with E-state index in [0.29, 0.717) is 0 Å². The molecule has 3 aromatic rings. The van der Waals surface area contributed by atoms with Crippen molar-refractivity contribution in [2.45, 2.75) is 43.3 Å². The van der Waals surface area contributed by atoms with Gasteiger partial charge in [-0.15, -0.1) is 0 Å². The highest BCUT2D eigenvalue weighted by Crippen LogP contribution is 2.56. The monoisotopic (exact) mass is 383 g/mol. The van der Waals surface area contributed by atoms with Gasteiger partial charge in [0.2, 0.25) is 10.0 Å². The molecular formula is C21H25N3O2S. The van der Waals surface area contributed by atoms with Gasteiger partial charge in [-0.25, -0.2) is 18.5 Å². The van der Waals surface area contributed by atoms with Crippen molar-refractivity contribution in [2.75, 3.05) is 0 Å². The predicted molar refractivity (Wildman–Crippen MR) is 108 cm³/mol. The highest BCUT2D eigenvalue weighted by atomic mass is 32.2. The molecule has 2 heterocycles. The summed E-state index contributed by atoms with van der Waals surface area (Å²) in [4.78, 5) is 7.85. The fourth-order valence-electron chi connectivity index (χ4n) is 4.71. The molecule has 1 aliphatic rings. The smallest absolute Gasteiger partial charge is 0.215 e. The minimum absolute atomic E-state index is 0.182. The number of sulfonamides is 1. The Labute approximate surface area is 160 Å². The van der Waals surface area contributed by atoms with Crippen LogP contribution in [0.5, 0.6) is 0 Å². The Morgan fingerprint density at radius 1 is 1.11 bits per heavy atom. The Bertz CT molecular complexity index is 1040. The van der Waals surface area contributed by atoms with E-state index in [1.54, 1.807) is 20.0 Å². The molecule has 27 heavy (non-hydrogen) atoms. The lowest BCUT2D eigenvalue weighted by Gasteiger charge is -2.53. The van der Waals surface area contributed by atoms with Gasteiger partial charge in [0.05, 0.1) is 10.2 Å². The number of aromatic nitrogens is 2. The van der Waals surface area contributed by atoms with Crippen molar-refractivity contribution >= 4 is 21.1 Å². The van der Waals surface area contributed by atoms with E-state index in [0.717, 1.165) is 41.6 Å². The third-order valence-electron chi connectivity index (χ3n) is 6.42. The maximum Gasteiger partial charge on any atom is 0.215 e. The molecule has 0 radical (unpaired) electrons. The number of hydrogen-bond donors (Lipinski definition) is 2. The van der Waals surface area contributed by atoms with E-state index in [1.807, 2.05) is 48.5 Å². The first kappa shape index (κ1) is 18.2. The van der Waals surface area contributed by atoms with E-state index in [2.05, 4.69) is 9.97 Å². The van der Waals surface area contributed by atoms with Crippen LogP contribution < -0.4 is 5.14 Å². The number of benzene rings is 1. The van der Waals surface area contributed by atoms with Crippen molar-refractivity contribution in [3.8, 4) is 0 Å². The zero-order valence-electron chi connectivity index (χ0n) is 15.6. The fraction of sp³-hybridized carbons (Fsp3) is 0.381. The first-order chi connectivity index (χ1) is 12.8. The lowest BCUT2D eigenvalue weighted by atomic mass is 9.55. The van der Waals surface area contributed by atoms with Crippen LogP contribution in [0.15, 0.2) is 54.7 Å². The molecule has 1 saturated carbocycles. The van der Waals surface area contributed by atoms with Crippen LogP contribution in [0, 0.1) is 5.92 Å². The van der Waals surface area contributed by atoms with Crippen LogP contribution in [0.4, 0.5) is 0 Å². The zero-order chi connectivity index (χ0) is 19.3. The quantitative estimate of drug-likeness (QED) is 0.704. The summed E-state index contributed by atoms with van der Waals surface area (Å²) in [6.07, 6.45) is 4.77. The molecule has 1 aliphatic carbocycles. The Morgan fingerprint density at radius 3 is 2.37 bits per heavy atom. The van der Waals surface area contributed by atoms with Gasteiger partial charge in [0.15, 0.2) is 0 Å². The average Bonchev–Trinajstić information content (AvgIpc) is 3.01. The van der Waals surface area contributed by atoms with Crippen molar-refractivity contribution in [1.29, 1.82) is 0 Å². The number of pyridine rings is 1. The van der Waals surface area contributed by atoms with Crippen molar-refractivity contribution < 1.29 is 8.42 Å². The minimum Gasteiger partial charge on any atom is -0.342 e. The molecule has 1 atom stereocenters. The standard InChI is InChI=1S/C21H25N3O2S/c1-20(2,27(22,25)26)21(17-11-6-12-17,16-9-4-3-5-10-16)18-14-15-8-7-13-23-19(15)24-18/h3-5,7-10,13-14,17H,6,11-12H2,1-2H3,(H,23,24)(H2,22,25,26). The Kier molecular flexibility index (Phi) is 4.16. The highest BCUT2D eigenvalue weighted by molar-refractivity contribution is 7.90. The lowest BCUT2D eigenvalue weighted by molar-refractivity contribution is 0.157. The molecule has 0 spiro atoms. The number of hydrogen-bond acceptors (Lipinski definition) is 3. The first-order valence-corrected chi connectivity index (χ1v) is 10.8. The summed E-state index contributed by atoms with van der Waals surface area (Å²) >= 11 is 0. The van der Waals surface area contributed by atoms with Crippen LogP contribution in [-0.2, 0) is 15.4 Å². The molecule has 0 amide bonds. The van der Waals surface area contributed by atoms with E-state index >= 15 is 0 Å². The molecule has 5 nitrogen and oxygen atoms in total.